The fraction of sp³-hybridized carbons (Fsp3) is 1.00. The van der Waals surface area contributed by atoms with Crippen LogP contribution in [0.4, 0.5) is 0 Å². The number of piperidine rings is 3. The summed E-state index contributed by atoms with van der Waals surface area (Å²) >= 11 is 0. The maximum Gasteiger partial charge on any atom is 0.0718 e. The highest BCUT2D eigenvalue weighted by molar-refractivity contribution is 5.11. The van der Waals surface area contributed by atoms with Crippen molar-refractivity contribution in [3.63, 3.8) is 0 Å². The van der Waals surface area contributed by atoms with Crippen molar-refractivity contribution in [3.05, 3.63) is 0 Å². The number of morpholine rings is 1. The Labute approximate surface area is 413 Å². The Morgan fingerprint density at radius 1 is 0.537 bits per heavy atom. The summed E-state index contributed by atoms with van der Waals surface area (Å²) in [5, 5.41) is 8.76. The Kier molecular flexibility index (Phi) is 17.8. The molecule has 0 spiro atoms. The van der Waals surface area contributed by atoms with Gasteiger partial charge in [-0.1, -0.05) is 62.3 Å². The van der Waals surface area contributed by atoms with Gasteiger partial charge in [0.15, 0.2) is 0 Å². The van der Waals surface area contributed by atoms with Crippen LogP contribution in [0.1, 0.15) is 136 Å². The van der Waals surface area contributed by atoms with Crippen LogP contribution in [0.3, 0.4) is 0 Å². The molecule has 0 aromatic rings. The van der Waals surface area contributed by atoms with Gasteiger partial charge in [0, 0.05) is 95.7 Å². The van der Waals surface area contributed by atoms with Crippen LogP contribution >= 0.6 is 0 Å². The Morgan fingerprint density at radius 2 is 1.03 bits per heavy atom. The van der Waals surface area contributed by atoms with Crippen molar-refractivity contribution in [1.82, 2.24) is 29.4 Å². The quantitative estimate of drug-likeness (QED) is 0.270. The molecule has 0 aromatic heterocycles. The van der Waals surface area contributed by atoms with E-state index in [1.165, 1.54) is 91.3 Å². The zero-order valence-corrected chi connectivity index (χ0v) is 46.6. The number of hydrogen-bond donors (Lipinski definition) is 1. The number of aliphatic hydroxyl groups is 1. The van der Waals surface area contributed by atoms with Crippen molar-refractivity contribution in [3.8, 4) is 0 Å². The fourth-order valence-corrected chi connectivity index (χ4v) is 13.6. The van der Waals surface area contributed by atoms with E-state index in [4.69, 9.17) is 19.3 Å². The Balaban J connectivity index is 0.000000121. The highest BCUT2D eigenvalue weighted by Crippen LogP contribution is 2.61. The van der Waals surface area contributed by atoms with Gasteiger partial charge < -0.3 is 29.1 Å². The van der Waals surface area contributed by atoms with E-state index in [1.54, 1.807) is 0 Å². The molecule has 12 fully saturated rings. The van der Waals surface area contributed by atoms with E-state index < -0.39 is 0 Å². The number of ether oxygens (including phenoxy) is 3. The first-order valence-electron chi connectivity index (χ1n) is 28.2. The third-order valence-electron chi connectivity index (χ3n) is 18.7. The molecule has 6 unspecified atom stereocenters. The first-order valence-corrected chi connectivity index (χ1v) is 28.2. The zero-order chi connectivity index (χ0) is 48.8. The summed E-state index contributed by atoms with van der Waals surface area (Å²) < 4.78 is 15.9. The van der Waals surface area contributed by atoms with Crippen LogP contribution in [0.2, 0.25) is 0 Å². The van der Waals surface area contributed by atoms with Gasteiger partial charge in [-0.15, -0.1) is 0 Å². The molecule has 9 saturated heterocycles. The van der Waals surface area contributed by atoms with Gasteiger partial charge in [-0.25, -0.2) is 0 Å². The van der Waals surface area contributed by atoms with Crippen molar-refractivity contribution >= 4 is 0 Å². The highest BCUT2D eigenvalue weighted by Gasteiger charge is 2.61. The molecule has 9 heterocycles. The average molecular weight is 942 g/mol. The number of likely N-dealkylation sites (tertiary alicyclic amines) is 6. The van der Waals surface area contributed by atoms with Crippen LogP contribution in [0, 0.1) is 69.5 Å². The number of aliphatic hydroxyl groups excluding tert-OH is 1. The molecule has 390 valence electrons. The number of fused-ring (bicyclic) bond motifs is 5. The molecule has 0 aromatic carbocycles. The van der Waals surface area contributed by atoms with Gasteiger partial charge in [-0.05, 0) is 157 Å². The smallest absolute Gasteiger partial charge is 0.0718 e. The molecule has 0 amide bonds. The molecule has 0 radical (unpaired) electrons. The van der Waals surface area contributed by atoms with Crippen molar-refractivity contribution in [2.75, 3.05) is 118 Å². The van der Waals surface area contributed by atoms with Gasteiger partial charge in [0.1, 0.15) is 0 Å². The van der Waals surface area contributed by atoms with E-state index in [0.29, 0.717) is 40.5 Å². The highest BCUT2D eigenvalue weighted by atomic mass is 16.5. The van der Waals surface area contributed by atoms with Crippen LogP contribution in [0.25, 0.3) is 0 Å². The summed E-state index contributed by atoms with van der Waals surface area (Å²) in [7, 11) is 0. The lowest BCUT2D eigenvalue weighted by atomic mass is 9.75. The van der Waals surface area contributed by atoms with Gasteiger partial charge in [-0.3, -0.25) is 19.6 Å². The second-order valence-corrected chi connectivity index (χ2v) is 28.6. The van der Waals surface area contributed by atoms with Crippen molar-refractivity contribution in [2.24, 2.45) is 69.5 Å². The molecule has 3 saturated carbocycles. The summed E-state index contributed by atoms with van der Waals surface area (Å²) in [5.41, 5.74) is 1.98. The molecule has 2 bridgehead atoms. The number of nitrogens with zero attached hydrogens (tertiary/aromatic N) is 6. The Morgan fingerprint density at radius 3 is 1.31 bits per heavy atom. The monoisotopic (exact) mass is 941 g/mol. The Bertz CT molecular complexity index is 1480. The normalized spacial score (nSPS) is 36.2. The van der Waals surface area contributed by atoms with Gasteiger partial charge >= 0.3 is 0 Å². The predicted octanol–water partition coefficient (Wildman–Crippen LogP) is 8.27. The summed E-state index contributed by atoms with van der Waals surface area (Å²) in [6.07, 6.45) is 5.72. The van der Waals surface area contributed by atoms with Crippen molar-refractivity contribution < 1.29 is 19.3 Å². The van der Waals surface area contributed by atoms with Gasteiger partial charge in [0.2, 0.25) is 0 Å². The summed E-state index contributed by atoms with van der Waals surface area (Å²) in [6, 6.07) is 3.75. The maximum atomic E-state index is 8.76. The molecule has 12 rings (SSSR count). The molecule has 12 aliphatic rings. The topological polar surface area (TPSA) is 67.4 Å². The minimum atomic E-state index is 0.342. The number of hydrogen-bond acceptors (Lipinski definition) is 10. The molecule has 10 heteroatoms. The lowest BCUT2D eigenvalue weighted by Crippen LogP contribution is -2.61. The summed E-state index contributed by atoms with van der Waals surface area (Å²) in [5.74, 6) is 8.98. The second kappa shape index (κ2) is 22.0. The molecule has 9 aliphatic heterocycles. The van der Waals surface area contributed by atoms with Crippen LogP contribution in [0.15, 0.2) is 0 Å². The lowest BCUT2D eigenvalue weighted by Gasteiger charge is -2.51. The lowest BCUT2D eigenvalue weighted by molar-refractivity contribution is -0.117. The second-order valence-electron chi connectivity index (χ2n) is 28.6. The van der Waals surface area contributed by atoms with Gasteiger partial charge in [-0.2, -0.15) is 0 Å². The van der Waals surface area contributed by atoms with E-state index in [0.717, 1.165) is 123 Å². The third kappa shape index (κ3) is 14.2. The molecule has 3 aliphatic carbocycles. The summed E-state index contributed by atoms with van der Waals surface area (Å²) in [4.78, 5) is 15.4. The van der Waals surface area contributed by atoms with E-state index in [9.17, 15) is 0 Å². The molecule has 67 heavy (non-hydrogen) atoms. The SMILES string of the molecule is CC(C)(C)C1C2CN(C3COC3)C[C@H]21.CC(C)(C)C1C2CN(CCCO)C[C@H]21.CC(C)(C)C1CN(C2COC2)C1.CC(C)(C)N1CC2CC2C1.CC(C)N1CCC1.CC(C)N1C[C@@H]2C[C@H]1CO2. The third-order valence-corrected chi connectivity index (χ3v) is 18.7. The molecular formula is C57H108N6O4. The minimum absolute atomic E-state index is 0.342. The average Bonchev–Trinajstić information content (AvgIpc) is 3.86. The van der Waals surface area contributed by atoms with E-state index in [-0.39, 0.29) is 0 Å². The first-order chi connectivity index (χ1) is 31.3. The van der Waals surface area contributed by atoms with E-state index >= 15 is 0 Å². The largest absolute Gasteiger partial charge is 0.396 e. The Hall–Kier alpha value is -0.400. The molecular weight excluding hydrogens is 833 g/mol. The first kappa shape index (κ1) is 54.4. The van der Waals surface area contributed by atoms with E-state index in [1.807, 2.05) is 0 Å². The zero-order valence-electron chi connectivity index (χ0n) is 46.6. The molecule has 1 N–H and O–H groups in total. The van der Waals surface area contributed by atoms with Crippen molar-refractivity contribution in [2.45, 2.75) is 178 Å². The molecule has 10 nitrogen and oxygen atoms in total. The van der Waals surface area contributed by atoms with Crippen molar-refractivity contribution in [1.29, 1.82) is 0 Å². The standard InChI is InChI=1S/C12H21NO.C12H23NO.C10H19NO.C9H17N.C8H15NO.C6H13N/c1-12(2,3)11-9-4-13(5-10(9)11)8-6-14-7-8;1-12(2,3)11-9-7-13(5-4-6-14)8-10(9)11;1-10(2,3)8-4-11(5-8)9-6-12-7-9;1-9(2,3)10-5-7-4-8(7)6-10;1-6(2)9-4-8-3-7(9)5-10-8;1-6(2)7-4-3-5-7/h8-11H,4-7H2,1-3H3;9-11,14H,4-8H2,1-3H3;8-9H,4-7H2,1-3H3;7-8H,4-6H2,1-3H3;6-8H,3-5H2,1-2H3;6H,3-5H2,1-2H3/t2*9-,10?,11?;;;7-,8-;/m11..0./s1. The summed E-state index contributed by atoms with van der Waals surface area (Å²) in [6.45, 7) is 58.0. The molecule has 10 atom stereocenters. The van der Waals surface area contributed by atoms with Crippen LogP contribution in [0.5, 0.6) is 0 Å². The van der Waals surface area contributed by atoms with E-state index in [2.05, 4.69) is 140 Å². The van der Waals surface area contributed by atoms with Gasteiger partial charge in [0.05, 0.1) is 51.2 Å². The maximum absolute atomic E-state index is 8.76. The fourth-order valence-electron chi connectivity index (χ4n) is 13.6. The minimum Gasteiger partial charge on any atom is -0.396 e. The predicted molar refractivity (Wildman–Crippen MR) is 278 cm³/mol. The van der Waals surface area contributed by atoms with Crippen LogP contribution in [-0.2, 0) is 14.2 Å². The van der Waals surface area contributed by atoms with Crippen LogP contribution in [-0.4, -0.2) is 195 Å². The van der Waals surface area contributed by atoms with Gasteiger partial charge in [0.25, 0.3) is 0 Å². The van der Waals surface area contributed by atoms with Crippen LogP contribution < -0.4 is 0 Å². The number of rotatable bonds is 7.